The average Bonchev–Trinajstić information content (AvgIpc) is 3.15. The third-order valence-electron chi connectivity index (χ3n) is 5.03. The molecule has 3 rings (SSSR count). The molecule has 2 amide bonds. The summed E-state index contributed by atoms with van der Waals surface area (Å²) in [6, 6.07) is 0.0765. The number of amides is 2. The lowest BCUT2D eigenvalue weighted by molar-refractivity contribution is -0.133. The monoisotopic (exact) mass is 460 g/mol. The van der Waals surface area contributed by atoms with Gasteiger partial charge in [-0.1, -0.05) is 0 Å². The van der Waals surface area contributed by atoms with Gasteiger partial charge in [0.2, 0.25) is 17.6 Å². The normalized spacial score (nSPS) is 14.8. The summed E-state index contributed by atoms with van der Waals surface area (Å²) in [6.45, 7) is 0.350. The zero-order valence-electron chi connectivity index (χ0n) is 17.0. The highest BCUT2D eigenvalue weighted by molar-refractivity contribution is 5.80. The Bertz CT molecular complexity index is 1020. The molecule has 3 N–H and O–H groups in total. The molecular formula is C19H21F5N6O2. The van der Waals surface area contributed by atoms with E-state index < -0.39 is 53.6 Å². The molecule has 13 heteroatoms. The fourth-order valence-corrected chi connectivity index (χ4v) is 3.48. The summed E-state index contributed by atoms with van der Waals surface area (Å²) in [5, 5.41) is 9.68. The first-order valence-corrected chi connectivity index (χ1v) is 9.70. The SMILES string of the molecule is CC(F)(F)c1nnc2n1CCN(C(=O)CC(Cc1cc(F)c(F)cc1F)NC(=O)CN)C2. The van der Waals surface area contributed by atoms with E-state index >= 15 is 0 Å². The first-order valence-electron chi connectivity index (χ1n) is 9.70. The van der Waals surface area contributed by atoms with Gasteiger partial charge in [-0.2, -0.15) is 8.78 Å². The van der Waals surface area contributed by atoms with E-state index in [4.69, 9.17) is 5.73 Å². The number of nitrogens with zero attached hydrogens (tertiary/aromatic N) is 4. The number of benzene rings is 1. The van der Waals surface area contributed by atoms with Crippen molar-refractivity contribution in [2.24, 2.45) is 5.73 Å². The van der Waals surface area contributed by atoms with Crippen LogP contribution in [0.4, 0.5) is 22.0 Å². The molecule has 0 bridgehead atoms. The lowest BCUT2D eigenvalue weighted by Crippen LogP contribution is -2.45. The van der Waals surface area contributed by atoms with E-state index in [1.807, 2.05) is 0 Å². The highest BCUT2D eigenvalue weighted by atomic mass is 19.3. The van der Waals surface area contributed by atoms with E-state index in [2.05, 4.69) is 15.5 Å². The molecule has 0 fully saturated rings. The molecule has 1 aliphatic rings. The Hall–Kier alpha value is -3.09. The maximum Gasteiger partial charge on any atom is 0.304 e. The van der Waals surface area contributed by atoms with E-state index in [0.717, 1.165) is 0 Å². The third kappa shape index (κ3) is 5.21. The fraction of sp³-hybridized carbons (Fsp3) is 0.474. The zero-order valence-corrected chi connectivity index (χ0v) is 17.0. The maximum absolute atomic E-state index is 14.0. The van der Waals surface area contributed by atoms with Crippen molar-refractivity contribution in [3.8, 4) is 0 Å². The van der Waals surface area contributed by atoms with Gasteiger partial charge in [0.05, 0.1) is 13.1 Å². The van der Waals surface area contributed by atoms with E-state index in [0.29, 0.717) is 19.1 Å². The van der Waals surface area contributed by atoms with Crippen LogP contribution < -0.4 is 11.1 Å². The lowest BCUT2D eigenvalue weighted by Gasteiger charge is -2.30. The maximum atomic E-state index is 14.0. The van der Waals surface area contributed by atoms with E-state index in [-0.39, 0.29) is 43.9 Å². The van der Waals surface area contributed by atoms with Gasteiger partial charge in [0.1, 0.15) is 5.82 Å². The van der Waals surface area contributed by atoms with Gasteiger partial charge in [-0.25, -0.2) is 13.2 Å². The molecule has 174 valence electrons. The minimum Gasteiger partial charge on any atom is -0.351 e. The fourth-order valence-electron chi connectivity index (χ4n) is 3.48. The molecule has 2 aromatic rings. The predicted molar refractivity (Wildman–Crippen MR) is 101 cm³/mol. The molecule has 0 radical (unpaired) electrons. The number of carbonyl (C=O) groups excluding carboxylic acids is 2. The summed E-state index contributed by atoms with van der Waals surface area (Å²) in [7, 11) is 0. The van der Waals surface area contributed by atoms with E-state index in [1.165, 1.54) is 9.47 Å². The number of nitrogens with two attached hydrogens (primary N) is 1. The Morgan fingerprint density at radius 2 is 1.84 bits per heavy atom. The van der Waals surface area contributed by atoms with Gasteiger partial charge in [0.15, 0.2) is 17.5 Å². The number of rotatable bonds is 7. The van der Waals surface area contributed by atoms with Crippen LogP contribution in [0.15, 0.2) is 12.1 Å². The number of alkyl halides is 2. The van der Waals surface area contributed by atoms with Crippen LogP contribution in [0.5, 0.6) is 0 Å². The topological polar surface area (TPSA) is 106 Å². The van der Waals surface area contributed by atoms with Gasteiger partial charge in [0, 0.05) is 38.5 Å². The van der Waals surface area contributed by atoms with Crippen molar-refractivity contribution < 1.29 is 31.5 Å². The molecule has 0 saturated heterocycles. The van der Waals surface area contributed by atoms with Crippen molar-refractivity contribution in [2.75, 3.05) is 13.1 Å². The zero-order chi connectivity index (χ0) is 23.6. The molecule has 0 spiro atoms. The number of fused-ring (bicyclic) bond motifs is 1. The number of nitrogens with one attached hydrogen (secondary N) is 1. The number of aromatic nitrogens is 3. The van der Waals surface area contributed by atoms with Crippen LogP contribution in [-0.4, -0.2) is 50.6 Å². The van der Waals surface area contributed by atoms with Crippen LogP contribution in [0.25, 0.3) is 0 Å². The first kappa shape index (κ1) is 23.6. The molecule has 1 unspecified atom stereocenters. The summed E-state index contributed by atoms with van der Waals surface area (Å²) < 4.78 is 69.2. The van der Waals surface area contributed by atoms with Crippen LogP contribution >= 0.6 is 0 Å². The summed E-state index contributed by atoms with van der Waals surface area (Å²) >= 11 is 0. The molecule has 1 atom stereocenters. The third-order valence-corrected chi connectivity index (χ3v) is 5.03. The highest BCUT2D eigenvalue weighted by Gasteiger charge is 2.35. The molecule has 8 nitrogen and oxygen atoms in total. The quantitative estimate of drug-likeness (QED) is 0.478. The van der Waals surface area contributed by atoms with Gasteiger partial charge in [-0.15, -0.1) is 10.2 Å². The largest absolute Gasteiger partial charge is 0.351 e. The van der Waals surface area contributed by atoms with E-state index in [1.54, 1.807) is 0 Å². The second-order valence-corrected chi connectivity index (χ2v) is 7.53. The summed E-state index contributed by atoms with van der Waals surface area (Å²) in [4.78, 5) is 25.9. The van der Waals surface area contributed by atoms with Gasteiger partial charge in [-0.05, 0) is 18.1 Å². The van der Waals surface area contributed by atoms with Crippen LogP contribution in [0, 0.1) is 17.5 Å². The predicted octanol–water partition coefficient (Wildman–Crippen LogP) is 1.23. The number of halogens is 5. The van der Waals surface area contributed by atoms with Crippen LogP contribution in [0.1, 0.15) is 30.6 Å². The molecule has 0 saturated carbocycles. The lowest BCUT2D eigenvalue weighted by atomic mass is 10.0. The van der Waals surface area contributed by atoms with Gasteiger partial charge >= 0.3 is 5.92 Å². The minimum absolute atomic E-state index is 0.0461. The molecule has 2 heterocycles. The summed E-state index contributed by atoms with van der Waals surface area (Å²) in [6.07, 6.45) is -0.605. The smallest absolute Gasteiger partial charge is 0.304 e. The van der Waals surface area contributed by atoms with Crippen LogP contribution in [0.2, 0.25) is 0 Å². The van der Waals surface area contributed by atoms with E-state index in [9.17, 15) is 31.5 Å². The Balaban J connectivity index is 1.74. The van der Waals surface area contributed by atoms with Gasteiger partial charge in [-0.3, -0.25) is 9.59 Å². The second-order valence-electron chi connectivity index (χ2n) is 7.53. The van der Waals surface area contributed by atoms with Crippen LogP contribution in [-0.2, 0) is 35.0 Å². The summed E-state index contributed by atoms with van der Waals surface area (Å²) in [5.74, 6) is -8.27. The standard InChI is InChI=1S/C19H21F5N6O2/c1-19(23,24)18-28-27-15-9-29(2-3-30(15)18)17(32)6-11(26-16(31)8-25)4-10-5-13(21)14(22)7-12(10)20/h5,7,11H,2-4,6,8-9,25H2,1H3,(H,26,31). The number of hydrogen-bond acceptors (Lipinski definition) is 5. The van der Waals surface area contributed by atoms with Crippen molar-refractivity contribution in [3.63, 3.8) is 0 Å². The summed E-state index contributed by atoms with van der Waals surface area (Å²) in [5.41, 5.74) is 5.05. The van der Waals surface area contributed by atoms with Crippen molar-refractivity contribution in [2.45, 2.75) is 44.8 Å². The Morgan fingerprint density at radius 3 is 2.50 bits per heavy atom. The minimum atomic E-state index is -3.19. The van der Waals surface area contributed by atoms with Gasteiger partial charge < -0.3 is 20.5 Å². The Kier molecular flexibility index (Phi) is 6.77. The van der Waals surface area contributed by atoms with Crippen molar-refractivity contribution >= 4 is 11.8 Å². The molecule has 1 aliphatic heterocycles. The Labute approximate surface area is 179 Å². The first-order chi connectivity index (χ1) is 15.0. The number of hydrogen-bond donors (Lipinski definition) is 2. The van der Waals surface area contributed by atoms with Crippen molar-refractivity contribution in [1.29, 1.82) is 0 Å². The Morgan fingerprint density at radius 1 is 1.16 bits per heavy atom. The molecule has 1 aromatic carbocycles. The average molecular weight is 460 g/mol. The second kappa shape index (κ2) is 9.18. The van der Waals surface area contributed by atoms with Gasteiger partial charge in [0.25, 0.3) is 0 Å². The molecular weight excluding hydrogens is 439 g/mol. The molecule has 0 aliphatic carbocycles. The van der Waals surface area contributed by atoms with Crippen molar-refractivity contribution in [1.82, 2.24) is 25.0 Å². The number of carbonyl (C=O) groups is 2. The molecule has 1 aromatic heterocycles. The molecule has 32 heavy (non-hydrogen) atoms. The van der Waals surface area contributed by atoms with Crippen LogP contribution in [0.3, 0.4) is 0 Å². The highest BCUT2D eigenvalue weighted by Crippen LogP contribution is 2.27. The van der Waals surface area contributed by atoms with Crippen molar-refractivity contribution in [3.05, 3.63) is 46.8 Å².